The third-order valence-corrected chi connectivity index (χ3v) is 6.00. The first-order valence-corrected chi connectivity index (χ1v) is 11.7. The highest BCUT2D eigenvalue weighted by atomic mass is 79.9. The summed E-state index contributed by atoms with van der Waals surface area (Å²) in [6, 6.07) is 4.91. The number of nitrogens with one attached hydrogen (secondary N) is 2. The lowest BCUT2D eigenvalue weighted by atomic mass is 9.93. The highest BCUT2D eigenvalue weighted by Gasteiger charge is 2.73. The molecule has 3 aromatic rings. The molecule has 0 radical (unpaired) electrons. The predicted molar refractivity (Wildman–Crippen MR) is 127 cm³/mol. The van der Waals surface area contributed by atoms with Gasteiger partial charge in [0.2, 0.25) is 0 Å². The Balaban J connectivity index is 2.01. The van der Waals surface area contributed by atoms with Crippen LogP contribution < -0.4 is 15.4 Å². The number of nitrogens with zero attached hydrogens (tertiary/aromatic N) is 1. The number of benzene rings is 2. The molecule has 1 heterocycles. The lowest BCUT2D eigenvalue weighted by Crippen LogP contribution is -2.50. The summed E-state index contributed by atoms with van der Waals surface area (Å²) in [5.41, 5.74) is -10.7. The fraction of sp³-hybridized carbons (Fsp3) is 0.174. The van der Waals surface area contributed by atoms with E-state index in [4.69, 9.17) is 11.6 Å². The topological polar surface area (TPSA) is 80.3 Å². The van der Waals surface area contributed by atoms with Gasteiger partial charge in [0.05, 0.1) is 16.9 Å². The highest BCUT2D eigenvalue weighted by molar-refractivity contribution is 9.10. The van der Waals surface area contributed by atoms with Gasteiger partial charge >= 0.3 is 24.6 Å². The van der Waals surface area contributed by atoms with Gasteiger partial charge in [-0.25, -0.2) is 13.8 Å². The van der Waals surface area contributed by atoms with E-state index in [1.807, 2.05) is 5.32 Å². The molecule has 0 aliphatic heterocycles. The Morgan fingerprint density at radius 1 is 0.927 bits per heavy atom. The average Bonchev–Trinajstić information content (AvgIpc) is 2.84. The lowest BCUT2D eigenvalue weighted by Gasteiger charge is -2.31. The third-order valence-electron chi connectivity index (χ3n) is 5.17. The van der Waals surface area contributed by atoms with Crippen LogP contribution in [0.25, 0.3) is 0 Å². The van der Waals surface area contributed by atoms with Gasteiger partial charge in [-0.3, -0.25) is 9.59 Å². The molecule has 0 bridgehead atoms. The van der Waals surface area contributed by atoms with Gasteiger partial charge in [-0.15, -0.1) is 0 Å². The summed E-state index contributed by atoms with van der Waals surface area (Å²) in [4.78, 5) is 28.8. The highest BCUT2D eigenvalue weighted by Crippen LogP contribution is 2.55. The minimum absolute atomic E-state index is 0.0567. The van der Waals surface area contributed by atoms with E-state index in [-0.39, 0.29) is 22.8 Å². The minimum atomic E-state index is -6.59. The molecule has 41 heavy (non-hydrogen) atoms. The number of alkyl halides is 9. The number of carbonyl (C=O) groups excluding carboxylic acids is 2. The minimum Gasteiger partial charge on any atom is -0.433 e. The van der Waals surface area contributed by atoms with E-state index < -0.39 is 75.0 Å². The van der Waals surface area contributed by atoms with E-state index in [0.717, 1.165) is 24.3 Å². The number of hydrogen-bond acceptors (Lipinski definition) is 4. The van der Waals surface area contributed by atoms with Gasteiger partial charge < -0.3 is 15.4 Å². The van der Waals surface area contributed by atoms with Crippen molar-refractivity contribution in [2.75, 3.05) is 10.6 Å². The van der Waals surface area contributed by atoms with Crippen molar-refractivity contribution in [2.45, 2.75) is 24.6 Å². The summed E-state index contributed by atoms with van der Waals surface area (Å²) < 4.78 is 138. The Morgan fingerprint density at radius 2 is 1.56 bits per heavy atom. The second-order valence-corrected chi connectivity index (χ2v) is 9.05. The molecule has 1 aromatic heterocycles. The second kappa shape index (κ2) is 11.7. The molecule has 2 N–H and O–H groups in total. The molecule has 0 aliphatic rings. The molecule has 6 nitrogen and oxygen atoms in total. The number of amides is 2. The summed E-state index contributed by atoms with van der Waals surface area (Å²) in [5.74, 6) is -5.26. The fourth-order valence-corrected chi connectivity index (χ4v) is 4.02. The standard InChI is InChI=1S/C23H11BrClF10N3O3/c24-12-7-10(21(29,22(30,31)32)23(33,34)35)8-14(41-20(27)28)17(12)38-19(40)11-2-1-3-13(16(11)26)37-18(39)9-4-5-36-15(25)6-9/h1-8,20H,(H,37,39)(H,38,40). The van der Waals surface area contributed by atoms with Crippen LogP contribution in [0, 0.1) is 5.82 Å². The van der Waals surface area contributed by atoms with Crippen LogP contribution in [-0.4, -0.2) is 35.8 Å². The Morgan fingerprint density at radius 3 is 2.12 bits per heavy atom. The van der Waals surface area contributed by atoms with Crippen LogP contribution in [0.1, 0.15) is 26.3 Å². The van der Waals surface area contributed by atoms with E-state index in [0.29, 0.717) is 0 Å². The first kappa shape index (κ1) is 31.9. The number of pyridine rings is 1. The summed E-state index contributed by atoms with van der Waals surface area (Å²) in [5, 5.41) is 3.89. The molecule has 220 valence electrons. The zero-order valence-corrected chi connectivity index (χ0v) is 21.7. The predicted octanol–water partition coefficient (Wildman–Crippen LogP) is 8.03. The first-order chi connectivity index (χ1) is 18.9. The van der Waals surface area contributed by atoms with E-state index >= 15 is 4.39 Å². The summed E-state index contributed by atoms with van der Waals surface area (Å²) in [6.45, 7) is -3.87. The van der Waals surface area contributed by atoms with Crippen LogP contribution in [0.5, 0.6) is 5.75 Å². The molecular weight excluding hydrogens is 672 g/mol. The molecule has 0 fully saturated rings. The normalized spacial score (nSPS) is 12.3. The Kier molecular flexibility index (Phi) is 9.12. The quantitative estimate of drug-likeness (QED) is 0.195. The number of hydrogen-bond donors (Lipinski definition) is 2. The Labute approximate surface area is 235 Å². The van der Waals surface area contributed by atoms with Crippen molar-refractivity contribution >= 4 is 50.7 Å². The van der Waals surface area contributed by atoms with Gasteiger partial charge in [-0.05, 0) is 52.3 Å². The third kappa shape index (κ3) is 6.66. The Bertz CT molecular complexity index is 1470. The van der Waals surface area contributed by atoms with Gasteiger partial charge in [0.1, 0.15) is 5.15 Å². The van der Waals surface area contributed by atoms with Crippen molar-refractivity contribution in [2.24, 2.45) is 0 Å². The number of halogens is 12. The number of aromatic nitrogens is 1. The van der Waals surface area contributed by atoms with Crippen LogP contribution in [0.4, 0.5) is 55.3 Å². The fourth-order valence-electron chi connectivity index (χ4n) is 3.30. The van der Waals surface area contributed by atoms with E-state index in [9.17, 15) is 49.1 Å². The SMILES string of the molecule is O=C(Nc1cccc(C(=O)Nc2c(Br)cc(C(F)(C(F)(F)F)C(F)(F)F)cc2OC(F)F)c1F)c1ccnc(Cl)c1. The second-order valence-electron chi connectivity index (χ2n) is 7.81. The zero-order chi connectivity index (χ0) is 30.9. The maximum Gasteiger partial charge on any atom is 0.435 e. The van der Waals surface area contributed by atoms with Crippen molar-refractivity contribution in [1.29, 1.82) is 0 Å². The van der Waals surface area contributed by atoms with Gasteiger partial charge in [0, 0.05) is 21.8 Å². The van der Waals surface area contributed by atoms with Crippen LogP contribution in [0.3, 0.4) is 0 Å². The maximum absolute atomic E-state index is 15.1. The number of anilines is 2. The molecule has 0 atom stereocenters. The number of carbonyl (C=O) groups is 2. The molecule has 0 unspecified atom stereocenters. The summed E-state index contributed by atoms with van der Waals surface area (Å²) >= 11 is 8.20. The van der Waals surface area contributed by atoms with Crippen molar-refractivity contribution in [1.82, 2.24) is 4.98 Å². The van der Waals surface area contributed by atoms with Crippen LogP contribution in [-0.2, 0) is 5.67 Å². The van der Waals surface area contributed by atoms with Gasteiger partial charge in [0.25, 0.3) is 11.8 Å². The summed E-state index contributed by atoms with van der Waals surface area (Å²) in [6.07, 6.45) is -12.0. The number of ether oxygens (including phenoxy) is 1. The molecule has 0 spiro atoms. The largest absolute Gasteiger partial charge is 0.435 e. The smallest absolute Gasteiger partial charge is 0.433 e. The van der Waals surface area contributed by atoms with Gasteiger partial charge in [0.15, 0.2) is 11.6 Å². The average molecular weight is 683 g/mol. The van der Waals surface area contributed by atoms with Gasteiger partial charge in [-0.2, -0.15) is 35.1 Å². The number of rotatable bonds is 7. The van der Waals surface area contributed by atoms with Crippen LogP contribution in [0.2, 0.25) is 5.15 Å². The molecule has 18 heteroatoms. The molecule has 0 aliphatic carbocycles. The van der Waals surface area contributed by atoms with Crippen LogP contribution in [0.15, 0.2) is 53.1 Å². The monoisotopic (exact) mass is 681 g/mol. The first-order valence-electron chi connectivity index (χ1n) is 10.5. The molecular formula is C23H11BrClF10N3O3. The lowest BCUT2D eigenvalue weighted by molar-refractivity contribution is -0.348. The van der Waals surface area contributed by atoms with Crippen molar-refractivity contribution in [3.8, 4) is 5.75 Å². The molecule has 0 saturated carbocycles. The maximum atomic E-state index is 15.1. The van der Waals surface area contributed by atoms with Gasteiger partial charge in [-0.1, -0.05) is 17.7 Å². The Hall–Kier alpha value is -3.60. The van der Waals surface area contributed by atoms with Crippen LogP contribution >= 0.6 is 27.5 Å². The van der Waals surface area contributed by atoms with E-state index in [1.165, 1.54) is 12.3 Å². The zero-order valence-electron chi connectivity index (χ0n) is 19.4. The summed E-state index contributed by atoms with van der Waals surface area (Å²) in [7, 11) is 0. The molecule has 2 amide bonds. The van der Waals surface area contributed by atoms with E-state index in [1.54, 1.807) is 0 Å². The molecule has 2 aromatic carbocycles. The molecule has 0 saturated heterocycles. The van der Waals surface area contributed by atoms with Crippen molar-refractivity contribution < 1.29 is 58.2 Å². The van der Waals surface area contributed by atoms with E-state index in [2.05, 4.69) is 31.0 Å². The van der Waals surface area contributed by atoms with Crippen molar-refractivity contribution in [3.63, 3.8) is 0 Å². The van der Waals surface area contributed by atoms with Crippen molar-refractivity contribution in [3.05, 3.63) is 80.8 Å². The molecule has 3 rings (SSSR count).